The van der Waals surface area contributed by atoms with Crippen molar-refractivity contribution in [3.63, 3.8) is 0 Å². The van der Waals surface area contributed by atoms with Gasteiger partial charge in [0.15, 0.2) is 0 Å². The summed E-state index contributed by atoms with van der Waals surface area (Å²) in [5, 5.41) is 4.43. The topological polar surface area (TPSA) is 67.4 Å². The normalized spacial score (nSPS) is 19.6. The van der Waals surface area contributed by atoms with E-state index in [9.17, 15) is 22.8 Å². The van der Waals surface area contributed by atoms with Gasteiger partial charge in [0.2, 0.25) is 11.8 Å². The van der Waals surface area contributed by atoms with Gasteiger partial charge in [0.05, 0.1) is 0 Å². The maximum atomic E-state index is 12.7. The zero-order chi connectivity index (χ0) is 20.1. The second-order valence-electron chi connectivity index (χ2n) is 6.52. The van der Waals surface area contributed by atoms with Crippen molar-refractivity contribution >= 4 is 17.5 Å². The summed E-state index contributed by atoms with van der Waals surface area (Å²) in [6, 6.07) is 14.3. The van der Waals surface area contributed by atoms with Crippen LogP contribution in [0, 0.1) is 5.92 Å². The van der Waals surface area contributed by atoms with Crippen LogP contribution in [0.15, 0.2) is 54.6 Å². The number of hydrogen-bond acceptors (Lipinski definition) is 3. The minimum Gasteiger partial charge on any atom is -0.489 e. The van der Waals surface area contributed by atoms with Gasteiger partial charge in [0, 0.05) is 5.69 Å². The van der Waals surface area contributed by atoms with E-state index in [4.69, 9.17) is 4.74 Å². The van der Waals surface area contributed by atoms with Gasteiger partial charge in [0.25, 0.3) is 0 Å². The molecule has 1 saturated heterocycles. The van der Waals surface area contributed by atoms with Crippen molar-refractivity contribution in [2.24, 2.45) is 5.92 Å². The third-order valence-electron chi connectivity index (χ3n) is 4.46. The van der Waals surface area contributed by atoms with E-state index >= 15 is 0 Å². The monoisotopic (exact) mass is 392 g/mol. The molecule has 0 radical (unpaired) electrons. The molecular formula is C20H19F3N2O3. The molecule has 148 valence electrons. The molecule has 1 heterocycles. The maximum Gasteiger partial charge on any atom is 0.408 e. The molecular weight excluding hydrogens is 373 g/mol. The number of ether oxygens (including phenoxy) is 1. The highest BCUT2D eigenvalue weighted by Crippen LogP contribution is 2.29. The average molecular weight is 392 g/mol. The summed E-state index contributed by atoms with van der Waals surface area (Å²) in [4.78, 5) is 24.1. The lowest BCUT2D eigenvalue weighted by atomic mass is 9.92. The summed E-state index contributed by atoms with van der Waals surface area (Å²) < 4.78 is 43.7. The number of carbonyl (C=O) groups is 2. The van der Waals surface area contributed by atoms with Crippen molar-refractivity contribution in [2.75, 3.05) is 5.32 Å². The third kappa shape index (κ3) is 5.03. The highest BCUT2D eigenvalue weighted by molar-refractivity contribution is 6.06. The largest absolute Gasteiger partial charge is 0.489 e. The van der Waals surface area contributed by atoms with Gasteiger partial charge in [0.1, 0.15) is 24.3 Å². The molecule has 2 aromatic rings. The average Bonchev–Trinajstić information content (AvgIpc) is 2.67. The number of nitrogens with one attached hydrogen (secondary N) is 2. The van der Waals surface area contributed by atoms with Crippen LogP contribution in [-0.2, 0) is 16.2 Å². The van der Waals surface area contributed by atoms with Crippen LogP contribution in [0.3, 0.4) is 0 Å². The quantitative estimate of drug-likeness (QED) is 0.763. The maximum absolute atomic E-state index is 12.7. The van der Waals surface area contributed by atoms with Crippen LogP contribution in [-0.4, -0.2) is 24.0 Å². The zero-order valence-corrected chi connectivity index (χ0v) is 14.8. The molecule has 0 saturated carbocycles. The number of benzene rings is 2. The summed E-state index contributed by atoms with van der Waals surface area (Å²) in [6.07, 6.45) is -4.98. The van der Waals surface area contributed by atoms with Crippen LogP contribution >= 0.6 is 0 Å². The van der Waals surface area contributed by atoms with Gasteiger partial charge in [-0.05, 0) is 42.7 Å². The Bertz CT molecular complexity index is 823. The summed E-state index contributed by atoms with van der Waals surface area (Å²) in [7, 11) is 0. The molecule has 3 rings (SSSR count). The molecule has 2 atom stereocenters. The Kier molecular flexibility index (Phi) is 5.87. The van der Waals surface area contributed by atoms with Gasteiger partial charge in [-0.3, -0.25) is 9.59 Å². The number of carbonyl (C=O) groups excluding carboxylic acids is 2. The van der Waals surface area contributed by atoms with Gasteiger partial charge in [-0.2, -0.15) is 13.2 Å². The van der Waals surface area contributed by atoms with Crippen LogP contribution in [0.25, 0.3) is 0 Å². The summed E-state index contributed by atoms with van der Waals surface area (Å²) in [6.45, 7) is 0.398. The van der Waals surface area contributed by atoms with E-state index in [1.807, 2.05) is 35.6 Å². The molecule has 1 fully saturated rings. The number of rotatable bonds is 5. The van der Waals surface area contributed by atoms with Gasteiger partial charge >= 0.3 is 6.18 Å². The SMILES string of the molecule is O=C(Nc1ccc(OCc2ccccc2)cc1)C1CCC(C(F)(F)F)NC1=O. The van der Waals surface area contributed by atoms with Crippen LogP contribution in [0.4, 0.5) is 18.9 Å². The lowest BCUT2D eigenvalue weighted by Gasteiger charge is -2.29. The van der Waals surface area contributed by atoms with E-state index in [2.05, 4.69) is 5.32 Å². The molecule has 1 aliphatic heterocycles. The number of alkyl halides is 3. The van der Waals surface area contributed by atoms with E-state index in [1.54, 1.807) is 24.3 Å². The fourth-order valence-electron chi connectivity index (χ4n) is 2.91. The first-order chi connectivity index (χ1) is 13.3. The lowest BCUT2D eigenvalue weighted by molar-refractivity contribution is -0.170. The van der Waals surface area contributed by atoms with Crippen molar-refractivity contribution in [3.05, 3.63) is 60.2 Å². The second-order valence-corrected chi connectivity index (χ2v) is 6.52. The van der Waals surface area contributed by atoms with E-state index in [1.165, 1.54) is 0 Å². The first-order valence-corrected chi connectivity index (χ1v) is 8.77. The molecule has 0 spiro atoms. The first-order valence-electron chi connectivity index (χ1n) is 8.77. The lowest BCUT2D eigenvalue weighted by Crippen LogP contribution is -2.53. The smallest absolute Gasteiger partial charge is 0.408 e. The van der Waals surface area contributed by atoms with Crippen molar-refractivity contribution in [1.82, 2.24) is 5.32 Å². The number of anilines is 1. The number of hydrogen-bond donors (Lipinski definition) is 2. The fourth-order valence-corrected chi connectivity index (χ4v) is 2.91. The molecule has 2 N–H and O–H groups in total. The van der Waals surface area contributed by atoms with Crippen LogP contribution in [0.2, 0.25) is 0 Å². The molecule has 2 amide bonds. The number of piperidine rings is 1. The Morgan fingerprint density at radius 2 is 1.75 bits per heavy atom. The highest BCUT2D eigenvalue weighted by Gasteiger charge is 2.45. The van der Waals surface area contributed by atoms with E-state index in [-0.39, 0.29) is 12.8 Å². The number of amides is 2. The molecule has 2 unspecified atom stereocenters. The number of halogens is 3. The Morgan fingerprint density at radius 3 is 2.36 bits per heavy atom. The predicted molar refractivity (Wildman–Crippen MR) is 96.6 cm³/mol. The minimum absolute atomic E-state index is 0.153. The van der Waals surface area contributed by atoms with Gasteiger partial charge in [-0.25, -0.2) is 0 Å². The molecule has 2 aromatic carbocycles. The highest BCUT2D eigenvalue weighted by atomic mass is 19.4. The van der Waals surface area contributed by atoms with E-state index in [0.717, 1.165) is 5.56 Å². The summed E-state index contributed by atoms with van der Waals surface area (Å²) in [5.74, 6) is -2.08. The third-order valence-corrected chi connectivity index (χ3v) is 4.46. The predicted octanol–water partition coefficient (Wildman–Crippen LogP) is 3.66. The molecule has 0 aliphatic carbocycles. The van der Waals surface area contributed by atoms with Crippen LogP contribution in [0.1, 0.15) is 18.4 Å². The Balaban J connectivity index is 1.52. The van der Waals surface area contributed by atoms with Gasteiger partial charge < -0.3 is 15.4 Å². The molecule has 8 heteroatoms. The Labute approximate surface area is 159 Å². The second kappa shape index (κ2) is 8.33. The van der Waals surface area contributed by atoms with Crippen LogP contribution < -0.4 is 15.4 Å². The van der Waals surface area contributed by atoms with Crippen LogP contribution in [0.5, 0.6) is 5.75 Å². The standard InChI is InChI=1S/C20H19F3N2O3/c21-20(22,23)17-11-10-16(19(27)25-17)18(26)24-14-6-8-15(9-7-14)28-12-13-4-2-1-3-5-13/h1-9,16-17H,10-12H2,(H,24,26)(H,25,27). The van der Waals surface area contributed by atoms with Gasteiger partial charge in [-0.1, -0.05) is 30.3 Å². The van der Waals surface area contributed by atoms with Crippen molar-refractivity contribution in [2.45, 2.75) is 31.7 Å². The molecule has 28 heavy (non-hydrogen) atoms. The van der Waals surface area contributed by atoms with E-state index < -0.39 is 30.0 Å². The molecule has 0 aromatic heterocycles. The van der Waals surface area contributed by atoms with Gasteiger partial charge in [-0.15, -0.1) is 0 Å². The Hall–Kier alpha value is -3.03. The zero-order valence-electron chi connectivity index (χ0n) is 14.8. The molecule has 5 nitrogen and oxygen atoms in total. The van der Waals surface area contributed by atoms with Crippen molar-refractivity contribution in [3.8, 4) is 5.75 Å². The first kappa shape index (κ1) is 19.7. The van der Waals surface area contributed by atoms with E-state index in [0.29, 0.717) is 18.0 Å². The molecule has 1 aliphatic rings. The Morgan fingerprint density at radius 1 is 1.07 bits per heavy atom. The van der Waals surface area contributed by atoms with Crippen molar-refractivity contribution in [1.29, 1.82) is 0 Å². The summed E-state index contributed by atoms with van der Waals surface area (Å²) >= 11 is 0. The fraction of sp³-hybridized carbons (Fsp3) is 0.300. The minimum atomic E-state index is -4.51. The van der Waals surface area contributed by atoms with Crippen molar-refractivity contribution < 1.29 is 27.5 Å². The molecule has 0 bridgehead atoms. The summed E-state index contributed by atoms with van der Waals surface area (Å²) in [5.41, 5.74) is 1.45.